The van der Waals surface area contributed by atoms with E-state index < -0.39 is 5.97 Å². The first-order valence-corrected chi connectivity index (χ1v) is 11.6. The van der Waals surface area contributed by atoms with E-state index in [0.717, 1.165) is 37.1 Å². The monoisotopic (exact) mass is 467 g/mol. The maximum Gasteiger partial charge on any atom is 0.356 e. The number of fused-ring (bicyclic) bond motifs is 1. The summed E-state index contributed by atoms with van der Waals surface area (Å²) in [7, 11) is 0. The molecule has 2 aromatic heterocycles. The predicted molar refractivity (Wildman–Crippen MR) is 129 cm³/mol. The molecule has 0 bridgehead atoms. The average molecular weight is 468 g/mol. The van der Waals surface area contributed by atoms with Gasteiger partial charge in [0.15, 0.2) is 17.0 Å². The van der Waals surface area contributed by atoms with E-state index >= 15 is 0 Å². The van der Waals surface area contributed by atoms with E-state index in [1.165, 1.54) is 12.8 Å². The van der Waals surface area contributed by atoms with Crippen LogP contribution in [-0.2, 0) is 0 Å². The number of hydrogen-bond donors (Lipinski definition) is 2. The Balaban J connectivity index is 1.53. The smallest absolute Gasteiger partial charge is 0.356 e. The maximum atomic E-state index is 13.0. The second-order valence-corrected chi connectivity index (χ2v) is 9.76. The Hall–Kier alpha value is -3.06. The van der Waals surface area contributed by atoms with E-state index in [-0.39, 0.29) is 22.3 Å². The van der Waals surface area contributed by atoms with Crippen LogP contribution >= 0.6 is 11.6 Å². The number of pyridine rings is 1. The summed E-state index contributed by atoms with van der Waals surface area (Å²) in [6.45, 7) is 5.61. The average Bonchev–Trinajstić information content (AvgIpc) is 3.54. The van der Waals surface area contributed by atoms with Gasteiger partial charge in [0.25, 0.3) is 0 Å². The summed E-state index contributed by atoms with van der Waals surface area (Å²) in [4.78, 5) is 30.8. The first-order chi connectivity index (χ1) is 15.7. The fourth-order valence-electron chi connectivity index (χ4n) is 4.80. The molecule has 1 aliphatic heterocycles. The van der Waals surface area contributed by atoms with Crippen LogP contribution in [0.2, 0.25) is 5.15 Å². The summed E-state index contributed by atoms with van der Waals surface area (Å²) in [6.07, 6.45) is 4.89. The summed E-state index contributed by atoms with van der Waals surface area (Å²) in [6, 6.07) is 8.19. The Labute approximate surface area is 196 Å². The van der Waals surface area contributed by atoms with Crippen LogP contribution in [0, 0.1) is 12.3 Å². The zero-order valence-corrected chi connectivity index (χ0v) is 19.4. The number of piperidine rings is 1. The number of benzene rings is 1. The number of aromatic nitrogens is 1. The van der Waals surface area contributed by atoms with Gasteiger partial charge in [-0.05, 0) is 68.7 Å². The molecule has 1 spiro atoms. The molecule has 1 aliphatic carbocycles. The van der Waals surface area contributed by atoms with Gasteiger partial charge >= 0.3 is 5.97 Å². The highest BCUT2D eigenvalue weighted by molar-refractivity contribution is 6.29. The second kappa shape index (κ2) is 8.06. The Morgan fingerprint density at radius 2 is 1.94 bits per heavy atom. The van der Waals surface area contributed by atoms with Crippen LogP contribution in [0.1, 0.15) is 60.3 Å². The van der Waals surface area contributed by atoms with Crippen LogP contribution in [0.15, 0.2) is 39.5 Å². The number of carboxylic acid groups (broad SMARTS) is 1. The van der Waals surface area contributed by atoms with E-state index in [4.69, 9.17) is 16.0 Å². The fraction of sp³-hybridized carbons (Fsp3) is 0.400. The van der Waals surface area contributed by atoms with Gasteiger partial charge in [-0.25, -0.2) is 9.78 Å². The summed E-state index contributed by atoms with van der Waals surface area (Å²) in [5, 5.41) is 13.4. The van der Waals surface area contributed by atoms with Crippen LogP contribution in [0.4, 0.5) is 11.6 Å². The molecular formula is C25H26ClN3O4. The van der Waals surface area contributed by atoms with Crippen LogP contribution in [0.5, 0.6) is 0 Å². The maximum absolute atomic E-state index is 13.0. The molecule has 3 aromatic rings. The molecular weight excluding hydrogens is 442 g/mol. The third kappa shape index (κ3) is 4.17. The second-order valence-electron chi connectivity index (χ2n) is 9.37. The van der Waals surface area contributed by atoms with E-state index in [0.29, 0.717) is 28.0 Å². The molecule has 8 heteroatoms. The van der Waals surface area contributed by atoms with Gasteiger partial charge in [0.05, 0.1) is 17.1 Å². The first-order valence-electron chi connectivity index (χ1n) is 11.2. The molecule has 172 valence electrons. The summed E-state index contributed by atoms with van der Waals surface area (Å²) < 4.78 is 6.35. The highest BCUT2D eigenvalue weighted by Crippen LogP contribution is 2.54. The first kappa shape index (κ1) is 21.8. The molecule has 0 radical (unpaired) electrons. The topological polar surface area (TPSA) is 95.7 Å². The number of carbonyl (C=O) groups is 1. The van der Waals surface area contributed by atoms with Gasteiger partial charge in [0.1, 0.15) is 10.7 Å². The molecule has 3 heterocycles. The van der Waals surface area contributed by atoms with E-state index in [1.807, 2.05) is 26.0 Å². The van der Waals surface area contributed by atoms with Crippen molar-refractivity contribution in [3.05, 3.63) is 62.5 Å². The van der Waals surface area contributed by atoms with Crippen molar-refractivity contribution in [3.8, 4) is 0 Å². The standard InChI is InChI=1S/C25H26ClN3O4/c1-14-11-16(15(2)27-18-3-4-20(26)28-22(18)24(31)32)23-17(12-14)19(30)13-21(33-23)29-9-7-25(5-6-25)8-10-29/h3-4,11-13,15,27H,5-10H2,1-2H3,(H,31,32). The van der Waals surface area contributed by atoms with Crippen LogP contribution in [-0.4, -0.2) is 29.1 Å². The lowest BCUT2D eigenvalue weighted by atomic mass is 9.94. The third-order valence-corrected chi connectivity index (χ3v) is 7.19. The van der Waals surface area contributed by atoms with Crippen molar-refractivity contribution in [1.82, 2.24) is 4.98 Å². The van der Waals surface area contributed by atoms with E-state index in [2.05, 4.69) is 15.2 Å². The van der Waals surface area contributed by atoms with Gasteiger partial charge in [0, 0.05) is 24.7 Å². The Morgan fingerprint density at radius 3 is 2.61 bits per heavy atom. The number of halogens is 1. The lowest BCUT2D eigenvalue weighted by Crippen LogP contribution is -2.34. The van der Waals surface area contributed by atoms with Gasteiger partial charge in [-0.15, -0.1) is 0 Å². The molecule has 1 unspecified atom stereocenters. The van der Waals surface area contributed by atoms with Crippen LogP contribution < -0.4 is 15.6 Å². The summed E-state index contributed by atoms with van der Waals surface area (Å²) >= 11 is 5.89. The Kier molecular flexibility index (Phi) is 5.32. The molecule has 1 atom stereocenters. The summed E-state index contributed by atoms with van der Waals surface area (Å²) in [5.41, 5.74) is 2.87. The van der Waals surface area contributed by atoms with Crippen molar-refractivity contribution in [2.75, 3.05) is 23.3 Å². The number of hydrogen-bond acceptors (Lipinski definition) is 6. The zero-order valence-electron chi connectivity index (χ0n) is 18.7. The lowest BCUT2D eigenvalue weighted by molar-refractivity contribution is 0.0691. The quantitative estimate of drug-likeness (QED) is 0.485. The van der Waals surface area contributed by atoms with Gasteiger partial charge in [-0.3, -0.25) is 4.79 Å². The Morgan fingerprint density at radius 1 is 1.21 bits per heavy atom. The minimum absolute atomic E-state index is 0.0745. The molecule has 0 amide bonds. The van der Waals surface area contributed by atoms with Crippen molar-refractivity contribution in [1.29, 1.82) is 0 Å². The van der Waals surface area contributed by atoms with E-state index in [9.17, 15) is 14.7 Å². The molecule has 1 aromatic carbocycles. The van der Waals surface area contributed by atoms with Crippen LogP contribution in [0.3, 0.4) is 0 Å². The zero-order chi connectivity index (χ0) is 23.3. The van der Waals surface area contributed by atoms with Crippen molar-refractivity contribution < 1.29 is 14.3 Å². The molecule has 1 saturated heterocycles. The van der Waals surface area contributed by atoms with Gasteiger partial charge in [-0.1, -0.05) is 17.7 Å². The molecule has 5 rings (SSSR count). The number of nitrogens with zero attached hydrogens (tertiary/aromatic N) is 2. The van der Waals surface area contributed by atoms with Crippen molar-refractivity contribution in [2.24, 2.45) is 5.41 Å². The largest absolute Gasteiger partial charge is 0.476 e. The lowest BCUT2D eigenvalue weighted by Gasteiger charge is -2.32. The predicted octanol–water partition coefficient (Wildman–Crippen LogP) is 5.40. The van der Waals surface area contributed by atoms with Crippen molar-refractivity contribution >= 4 is 40.1 Å². The van der Waals surface area contributed by atoms with E-state index in [1.54, 1.807) is 18.2 Å². The van der Waals surface area contributed by atoms with Gasteiger partial charge < -0.3 is 19.7 Å². The fourth-order valence-corrected chi connectivity index (χ4v) is 4.95. The number of aryl methyl sites for hydroxylation is 1. The normalized spacial score (nSPS) is 17.8. The van der Waals surface area contributed by atoms with Crippen molar-refractivity contribution in [2.45, 2.75) is 45.6 Å². The highest BCUT2D eigenvalue weighted by Gasteiger charge is 2.44. The highest BCUT2D eigenvalue weighted by atomic mass is 35.5. The van der Waals surface area contributed by atoms with Crippen molar-refractivity contribution in [3.63, 3.8) is 0 Å². The number of anilines is 2. The minimum atomic E-state index is -1.17. The third-order valence-electron chi connectivity index (χ3n) is 6.98. The molecule has 1 saturated carbocycles. The van der Waals surface area contributed by atoms with Gasteiger partial charge in [0.2, 0.25) is 0 Å². The molecule has 7 nitrogen and oxygen atoms in total. The minimum Gasteiger partial charge on any atom is -0.476 e. The summed E-state index contributed by atoms with van der Waals surface area (Å²) in [5.74, 6) is -0.576. The number of carboxylic acids is 1. The SMILES string of the molecule is Cc1cc(C(C)Nc2ccc(Cl)nc2C(=O)O)c2oc(N3CCC4(CC3)CC4)cc(=O)c2c1. The molecule has 2 aliphatic rings. The molecule has 2 N–H and O–H groups in total. The Bertz CT molecular complexity index is 1300. The molecule has 33 heavy (non-hydrogen) atoms. The van der Waals surface area contributed by atoms with Crippen LogP contribution in [0.25, 0.3) is 11.0 Å². The van der Waals surface area contributed by atoms with Gasteiger partial charge in [-0.2, -0.15) is 0 Å². The number of aromatic carboxylic acids is 1. The number of rotatable bonds is 5. The molecule has 2 fully saturated rings. The number of nitrogens with one attached hydrogen (secondary N) is 1.